The molecule has 0 radical (unpaired) electrons. The number of amides is 1. The highest BCUT2D eigenvalue weighted by Crippen LogP contribution is 2.61. The number of benzene rings is 2. The van der Waals surface area contributed by atoms with E-state index in [1.807, 2.05) is 18.2 Å². The third-order valence-corrected chi connectivity index (χ3v) is 7.64. The van der Waals surface area contributed by atoms with Crippen LogP contribution >= 0.6 is 15.9 Å². The first-order valence-electron chi connectivity index (χ1n) is 11.1. The fraction of sp³-hybridized carbons (Fsp3) is 0.500. The van der Waals surface area contributed by atoms with Crippen molar-refractivity contribution >= 4 is 21.8 Å². The van der Waals surface area contributed by atoms with Crippen LogP contribution < -0.4 is 4.74 Å². The van der Waals surface area contributed by atoms with Crippen molar-refractivity contribution in [1.29, 1.82) is 0 Å². The first-order valence-corrected chi connectivity index (χ1v) is 11.9. The van der Waals surface area contributed by atoms with Gasteiger partial charge in [-0.25, -0.2) is 0 Å². The molecule has 2 aromatic carbocycles. The van der Waals surface area contributed by atoms with Crippen molar-refractivity contribution in [2.45, 2.75) is 64.6 Å². The van der Waals surface area contributed by atoms with Crippen LogP contribution in [-0.4, -0.2) is 13.0 Å². The van der Waals surface area contributed by atoms with Crippen LogP contribution in [0.4, 0.5) is 0 Å². The number of aryl methyl sites for hydroxylation is 1. The SMILES string of the molecule is COC(c1cc(COc2ccc3c(c2)[C@@]2(CCC3)C[C@@H]2C(=O)N=O)ccc1Br)C(C)(C)C. The summed E-state index contributed by atoms with van der Waals surface area (Å²) in [7, 11) is 1.74. The minimum atomic E-state index is -0.516. The van der Waals surface area contributed by atoms with Gasteiger partial charge in [0.2, 0.25) is 0 Å². The predicted molar refractivity (Wildman–Crippen MR) is 128 cm³/mol. The Labute approximate surface area is 198 Å². The Balaban J connectivity index is 1.54. The second-order valence-corrected chi connectivity index (χ2v) is 11.0. The molecule has 0 aromatic heterocycles. The lowest BCUT2D eigenvalue weighted by atomic mass is 9.78. The van der Waals surface area contributed by atoms with E-state index in [-0.39, 0.29) is 22.9 Å². The number of carbonyl (C=O) groups excluding carboxylic acids is 1. The number of ether oxygens (including phenoxy) is 2. The molecule has 32 heavy (non-hydrogen) atoms. The van der Waals surface area contributed by atoms with Crippen molar-refractivity contribution in [3.8, 4) is 5.75 Å². The van der Waals surface area contributed by atoms with Gasteiger partial charge in [-0.2, -0.15) is 0 Å². The summed E-state index contributed by atoms with van der Waals surface area (Å²) < 4.78 is 13.0. The molecule has 0 heterocycles. The number of rotatable bonds is 6. The van der Waals surface area contributed by atoms with Crippen LogP contribution in [0.5, 0.6) is 5.75 Å². The highest BCUT2D eigenvalue weighted by molar-refractivity contribution is 9.10. The number of fused-ring (bicyclic) bond motifs is 2. The van der Waals surface area contributed by atoms with Crippen LogP contribution in [0.15, 0.2) is 46.0 Å². The van der Waals surface area contributed by atoms with Crippen LogP contribution in [-0.2, 0) is 28.0 Å². The summed E-state index contributed by atoms with van der Waals surface area (Å²) in [4.78, 5) is 22.7. The second-order valence-electron chi connectivity index (χ2n) is 10.1. The van der Waals surface area contributed by atoms with Crippen LogP contribution in [0.2, 0.25) is 0 Å². The summed E-state index contributed by atoms with van der Waals surface area (Å²) in [5.41, 5.74) is 4.31. The maximum atomic E-state index is 11.9. The van der Waals surface area contributed by atoms with Crippen LogP contribution in [0, 0.1) is 16.2 Å². The van der Waals surface area contributed by atoms with Gasteiger partial charge >= 0.3 is 0 Å². The molecule has 0 bridgehead atoms. The zero-order valence-corrected chi connectivity index (χ0v) is 20.7. The van der Waals surface area contributed by atoms with Gasteiger partial charge < -0.3 is 9.47 Å². The molecule has 0 saturated heterocycles. The summed E-state index contributed by atoms with van der Waals surface area (Å²) in [5.74, 6) is -0.00409. The number of hydrogen-bond acceptors (Lipinski definition) is 4. The summed E-state index contributed by atoms with van der Waals surface area (Å²) >= 11 is 3.67. The van der Waals surface area contributed by atoms with Crippen LogP contribution in [0.25, 0.3) is 0 Å². The lowest BCUT2D eigenvalue weighted by Gasteiger charge is -2.30. The Morgan fingerprint density at radius 2 is 2.03 bits per heavy atom. The first kappa shape index (κ1) is 23.1. The molecule has 2 aromatic rings. The highest BCUT2D eigenvalue weighted by atomic mass is 79.9. The minimum absolute atomic E-state index is 0.0435. The largest absolute Gasteiger partial charge is 0.489 e. The summed E-state index contributed by atoms with van der Waals surface area (Å²) in [6.07, 6.45) is 3.63. The fourth-order valence-corrected chi connectivity index (χ4v) is 5.77. The first-order chi connectivity index (χ1) is 15.2. The topological polar surface area (TPSA) is 65.0 Å². The molecule has 4 rings (SSSR count). The average Bonchev–Trinajstić information content (AvgIpc) is 3.48. The third-order valence-electron chi connectivity index (χ3n) is 6.92. The Bertz CT molecular complexity index is 1040. The van der Waals surface area contributed by atoms with Gasteiger partial charge in [0, 0.05) is 22.2 Å². The Morgan fingerprint density at radius 3 is 2.72 bits per heavy atom. The van der Waals surface area contributed by atoms with E-state index in [9.17, 15) is 9.70 Å². The molecule has 5 nitrogen and oxygen atoms in total. The highest BCUT2D eigenvalue weighted by Gasteiger charge is 2.60. The van der Waals surface area contributed by atoms with Gasteiger partial charge in [0.1, 0.15) is 12.4 Å². The van der Waals surface area contributed by atoms with Gasteiger partial charge in [-0.1, -0.05) is 48.8 Å². The van der Waals surface area contributed by atoms with Crippen LogP contribution in [0.3, 0.4) is 0 Å². The molecule has 0 aliphatic heterocycles. The van der Waals surface area contributed by atoms with Crippen molar-refractivity contribution in [1.82, 2.24) is 0 Å². The van der Waals surface area contributed by atoms with E-state index < -0.39 is 5.91 Å². The molecule has 1 saturated carbocycles. The molecule has 1 fully saturated rings. The molecular formula is C26H30BrNO4. The molecule has 2 aliphatic carbocycles. The zero-order valence-electron chi connectivity index (χ0n) is 19.1. The van der Waals surface area contributed by atoms with Gasteiger partial charge in [-0.15, -0.1) is 4.91 Å². The summed E-state index contributed by atoms with van der Waals surface area (Å²) in [5, 5.41) is 2.69. The molecule has 1 amide bonds. The Kier molecular flexibility index (Phi) is 6.29. The quantitative estimate of drug-likeness (QED) is 0.417. The molecule has 170 valence electrons. The second kappa shape index (κ2) is 8.71. The van der Waals surface area contributed by atoms with E-state index in [1.165, 1.54) is 5.56 Å². The molecule has 1 spiro atoms. The normalized spacial score (nSPS) is 22.8. The number of nitrogens with zero attached hydrogens (tertiary/aromatic N) is 1. The Hall–Kier alpha value is -2.05. The third kappa shape index (κ3) is 4.27. The standard InChI is InChI=1S/C26H30BrNO4/c1-25(2,3)23(31-4)19-12-16(7-10-22(19)27)15-32-18-9-8-17-6-5-11-26(20(17)13-18)14-21(26)24(29)28-30/h7-10,12-13,21,23H,5-6,11,14-15H2,1-4H3/t21-,23?,26-/m1/s1. The van der Waals surface area contributed by atoms with Crippen molar-refractivity contribution in [3.63, 3.8) is 0 Å². The number of halogens is 1. The maximum Gasteiger partial charge on any atom is 0.290 e. The fourth-order valence-electron chi connectivity index (χ4n) is 5.32. The molecular weight excluding hydrogens is 470 g/mol. The van der Waals surface area contributed by atoms with Crippen molar-refractivity contribution in [3.05, 3.63) is 68.0 Å². The summed E-state index contributed by atoms with van der Waals surface area (Å²) in [6.45, 7) is 6.92. The summed E-state index contributed by atoms with van der Waals surface area (Å²) in [6, 6.07) is 12.4. The van der Waals surface area contributed by atoms with Crippen LogP contribution in [0.1, 0.15) is 68.4 Å². The lowest BCUT2D eigenvalue weighted by Crippen LogP contribution is -2.21. The monoisotopic (exact) mass is 499 g/mol. The molecule has 3 atom stereocenters. The van der Waals surface area contributed by atoms with Gasteiger partial charge in [0.25, 0.3) is 5.91 Å². The van der Waals surface area contributed by atoms with Gasteiger partial charge in [0.05, 0.1) is 12.0 Å². The van der Waals surface area contributed by atoms with E-state index >= 15 is 0 Å². The van der Waals surface area contributed by atoms with Gasteiger partial charge in [0.15, 0.2) is 0 Å². The molecule has 6 heteroatoms. The minimum Gasteiger partial charge on any atom is -0.489 e. The number of methoxy groups -OCH3 is 1. The average molecular weight is 500 g/mol. The zero-order chi connectivity index (χ0) is 23.1. The van der Waals surface area contributed by atoms with Gasteiger partial charge in [-0.05, 0) is 77.6 Å². The number of nitroso groups, excluding NO2 is 1. The predicted octanol–water partition coefficient (Wildman–Crippen LogP) is 6.65. The molecule has 0 N–H and O–H groups in total. The molecule has 1 unspecified atom stereocenters. The number of hydrogen-bond donors (Lipinski definition) is 0. The van der Waals surface area contributed by atoms with Crippen molar-refractivity contribution < 1.29 is 14.3 Å². The van der Waals surface area contributed by atoms with Gasteiger partial charge in [-0.3, -0.25) is 4.79 Å². The van der Waals surface area contributed by atoms with E-state index in [0.717, 1.165) is 52.6 Å². The van der Waals surface area contributed by atoms with E-state index in [0.29, 0.717) is 6.61 Å². The smallest absolute Gasteiger partial charge is 0.290 e. The van der Waals surface area contributed by atoms with E-state index in [4.69, 9.17) is 9.47 Å². The lowest BCUT2D eigenvalue weighted by molar-refractivity contribution is -0.119. The number of carbonyl (C=O) groups is 1. The van der Waals surface area contributed by atoms with Crippen molar-refractivity contribution in [2.75, 3.05) is 7.11 Å². The van der Waals surface area contributed by atoms with Crippen molar-refractivity contribution in [2.24, 2.45) is 16.5 Å². The maximum absolute atomic E-state index is 11.9. The van der Waals surface area contributed by atoms with E-state index in [2.05, 4.69) is 60.1 Å². The Morgan fingerprint density at radius 1 is 1.25 bits per heavy atom. The van der Waals surface area contributed by atoms with E-state index in [1.54, 1.807) is 7.11 Å². The molecule has 2 aliphatic rings.